The Hall–Kier alpha value is -1.03. The number of hydrogen-bond acceptors (Lipinski definition) is 3. The van der Waals surface area contributed by atoms with Crippen molar-refractivity contribution in [1.82, 2.24) is 10.2 Å². The van der Waals surface area contributed by atoms with Crippen molar-refractivity contribution in [2.24, 2.45) is 0 Å². The molecule has 1 aliphatic heterocycles. The van der Waals surface area contributed by atoms with Crippen LogP contribution in [0.15, 0.2) is 12.4 Å². The topological polar surface area (TPSA) is 49.9 Å². The van der Waals surface area contributed by atoms with Crippen molar-refractivity contribution in [3.8, 4) is 0 Å². The second-order valence-corrected chi connectivity index (χ2v) is 4.43. The fourth-order valence-electron chi connectivity index (χ4n) is 1.92. The molecule has 78 valence electrons. The van der Waals surface area contributed by atoms with Gasteiger partial charge >= 0.3 is 0 Å². The number of rotatable bonds is 2. The van der Waals surface area contributed by atoms with Crippen LogP contribution in [0.3, 0.4) is 0 Å². The first kappa shape index (κ1) is 9.52. The van der Waals surface area contributed by atoms with Gasteiger partial charge in [0.1, 0.15) is 0 Å². The minimum Gasteiger partial charge on any atom is -0.380 e. The summed E-state index contributed by atoms with van der Waals surface area (Å²) in [4.78, 5) is 0. The van der Waals surface area contributed by atoms with Crippen LogP contribution in [-0.4, -0.2) is 28.4 Å². The molecule has 4 nitrogen and oxygen atoms in total. The Balaban J connectivity index is 1.92. The number of anilines is 1. The summed E-state index contributed by atoms with van der Waals surface area (Å²) in [7, 11) is 0. The summed E-state index contributed by atoms with van der Waals surface area (Å²) in [6, 6.07) is 0.497. The second-order valence-electron chi connectivity index (χ2n) is 4.43. The van der Waals surface area contributed by atoms with Crippen LogP contribution < -0.4 is 5.32 Å². The van der Waals surface area contributed by atoms with Crippen molar-refractivity contribution in [2.75, 3.05) is 11.9 Å². The van der Waals surface area contributed by atoms with Gasteiger partial charge in [-0.3, -0.25) is 5.10 Å². The first-order valence-corrected chi connectivity index (χ1v) is 5.05. The number of aromatic amines is 1. The van der Waals surface area contributed by atoms with Crippen molar-refractivity contribution < 1.29 is 4.74 Å². The van der Waals surface area contributed by atoms with Crippen LogP contribution in [0.5, 0.6) is 0 Å². The minimum atomic E-state index is -0.000345. The maximum Gasteiger partial charge on any atom is 0.0725 e. The molecule has 0 amide bonds. The van der Waals surface area contributed by atoms with Gasteiger partial charge in [0.05, 0.1) is 17.5 Å². The zero-order valence-electron chi connectivity index (χ0n) is 8.71. The van der Waals surface area contributed by atoms with Crippen molar-refractivity contribution in [2.45, 2.75) is 38.3 Å². The number of aromatic nitrogens is 2. The van der Waals surface area contributed by atoms with Crippen LogP contribution in [0.1, 0.15) is 26.7 Å². The molecule has 14 heavy (non-hydrogen) atoms. The highest BCUT2D eigenvalue weighted by molar-refractivity contribution is 5.38. The monoisotopic (exact) mass is 195 g/mol. The highest BCUT2D eigenvalue weighted by atomic mass is 16.5. The van der Waals surface area contributed by atoms with Gasteiger partial charge in [0.2, 0.25) is 0 Å². The maximum absolute atomic E-state index is 5.65. The van der Waals surface area contributed by atoms with Gasteiger partial charge in [0, 0.05) is 18.8 Å². The van der Waals surface area contributed by atoms with E-state index in [-0.39, 0.29) is 5.60 Å². The zero-order valence-corrected chi connectivity index (χ0v) is 8.71. The molecule has 0 spiro atoms. The van der Waals surface area contributed by atoms with Crippen molar-refractivity contribution >= 4 is 5.69 Å². The molecule has 0 aromatic carbocycles. The Kier molecular flexibility index (Phi) is 2.46. The first-order chi connectivity index (χ1) is 6.66. The molecule has 1 atom stereocenters. The molecule has 0 radical (unpaired) electrons. The fraction of sp³-hybridized carbons (Fsp3) is 0.700. The predicted molar refractivity (Wildman–Crippen MR) is 55.3 cm³/mol. The van der Waals surface area contributed by atoms with Gasteiger partial charge in [-0.25, -0.2) is 0 Å². The number of nitrogens with one attached hydrogen (secondary N) is 2. The number of nitrogens with zero attached hydrogens (tertiary/aromatic N) is 1. The van der Waals surface area contributed by atoms with E-state index < -0.39 is 0 Å². The van der Waals surface area contributed by atoms with Crippen LogP contribution in [0.2, 0.25) is 0 Å². The molecule has 0 aliphatic carbocycles. The normalized spacial score (nSPS) is 26.0. The van der Waals surface area contributed by atoms with Crippen LogP contribution >= 0.6 is 0 Å². The fourth-order valence-corrected chi connectivity index (χ4v) is 1.92. The van der Waals surface area contributed by atoms with E-state index >= 15 is 0 Å². The lowest BCUT2D eigenvalue weighted by Crippen LogP contribution is -2.40. The Labute approximate surface area is 84.0 Å². The standard InChI is InChI=1S/C10H17N3O/c1-10(2)5-8(3-4-14-10)13-9-6-11-12-7-9/h6-8,13H,3-5H2,1-2H3,(H,11,12). The summed E-state index contributed by atoms with van der Waals surface area (Å²) in [5.74, 6) is 0. The van der Waals surface area contributed by atoms with E-state index in [4.69, 9.17) is 4.74 Å². The predicted octanol–water partition coefficient (Wildman–Crippen LogP) is 1.78. The van der Waals surface area contributed by atoms with Gasteiger partial charge in [-0.15, -0.1) is 0 Å². The second kappa shape index (κ2) is 3.61. The van der Waals surface area contributed by atoms with Gasteiger partial charge < -0.3 is 10.1 Å². The van der Waals surface area contributed by atoms with E-state index in [2.05, 4.69) is 29.4 Å². The third-order valence-electron chi connectivity index (χ3n) is 2.57. The molecular weight excluding hydrogens is 178 g/mol. The maximum atomic E-state index is 5.65. The van der Waals surface area contributed by atoms with E-state index in [0.717, 1.165) is 25.1 Å². The molecule has 4 heteroatoms. The SMILES string of the molecule is CC1(C)CC(Nc2cn[nH]c2)CCO1. The summed E-state index contributed by atoms with van der Waals surface area (Å²) in [5, 5.41) is 10.1. The lowest BCUT2D eigenvalue weighted by Gasteiger charge is -2.36. The molecule has 1 unspecified atom stereocenters. The van der Waals surface area contributed by atoms with Crippen molar-refractivity contribution in [1.29, 1.82) is 0 Å². The van der Waals surface area contributed by atoms with E-state index in [1.807, 2.05) is 12.4 Å². The molecular formula is C10H17N3O. The third kappa shape index (κ3) is 2.26. The van der Waals surface area contributed by atoms with Crippen LogP contribution in [0.25, 0.3) is 0 Å². The van der Waals surface area contributed by atoms with E-state index in [0.29, 0.717) is 6.04 Å². The van der Waals surface area contributed by atoms with Crippen molar-refractivity contribution in [3.63, 3.8) is 0 Å². The van der Waals surface area contributed by atoms with E-state index in [9.17, 15) is 0 Å². The molecule has 1 aliphatic rings. The number of ether oxygens (including phenoxy) is 1. The summed E-state index contributed by atoms with van der Waals surface area (Å²) in [6.07, 6.45) is 5.79. The van der Waals surface area contributed by atoms with Gasteiger partial charge in [0.15, 0.2) is 0 Å². The van der Waals surface area contributed by atoms with E-state index in [1.54, 1.807) is 0 Å². The molecule has 1 fully saturated rings. The average molecular weight is 195 g/mol. The molecule has 0 bridgehead atoms. The Morgan fingerprint density at radius 2 is 2.50 bits per heavy atom. The van der Waals surface area contributed by atoms with E-state index in [1.165, 1.54) is 0 Å². The average Bonchev–Trinajstić information content (AvgIpc) is 2.54. The molecule has 2 N–H and O–H groups in total. The van der Waals surface area contributed by atoms with Gasteiger partial charge in [-0.2, -0.15) is 5.10 Å². The zero-order chi connectivity index (χ0) is 10.0. The molecule has 1 aromatic rings. The lowest BCUT2D eigenvalue weighted by atomic mass is 9.94. The minimum absolute atomic E-state index is 0.000345. The summed E-state index contributed by atoms with van der Waals surface area (Å²) in [6.45, 7) is 5.11. The molecule has 1 aromatic heterocycles. The van der Waals surface area contributed by atoms with Gasteiger partial charge in [-0.1, -0.05) is 0 Å². The lowest BCUT2D eigenvalue weighted by molar-refractivity contribution is -0.0553. The quantitative estimate of drug-likeness (QED) is 0.756. The Bertz CT molecular complexity index is 282. The molecule has 2 rings (SSSR count). The largest absolute Gasteiger partial charge is 0.380 e. The summed E-state index contributed by atoms with van der Waals surface area (Å²) in [5.41, 5.74) is 1.06. The third-order valence-corrected chi connectivity index (χ3v) is 2.57. The summed E-state index contributed by atoms with van der Waals surface area (Å²) >= 11 is 0. The smallest absolute Gasteiger partial charge is 0.0725 e. The first-order valence-electron chi connectivity index (χ1n) is 5.05. The number of H-pyrrole nitrogens is 1. The van der Waals surface area contributed by atoms with Crippen molar-refractivity contribution in [3.05, 3.63) is 12.4 Å². The van der Waals surface area contributed by atoms with Gasteiger partial charge in [0.25, 0.3) is 0 Å². The molecule has 0 saturated carbocycles. The molecule has 2 heterocycles. The highest BCUT2D eigenvalue weighted by Crippen LogP contribution is 2.25. The Morgan fingerprint density at radius 1 is 1.64 bits per heavy atom. The highest BCUT2D eigenvalue weighted by Gasteiger charge is 2.28. The van der Waals surface area contributed by atoms with Crippen LogP contribution in [0, 0.1) is 0 Å². The van der Waals surface area contributed by atoms with Crippen LogP contribution in [-0.2, 0) is 4.74 Å². The van der Waals surface area contributed by atoms with Crippen LogP contribution in [0.4, 0.5) is 5.69 Å². The summed E-state index contributed by atoms with van der Waals surface area (Å²) < 4.78 is 5.65. The Morgan fingerprint density at radius 3 is 3.14 bits per heavy atom. The number of hydrogen-bond donors (Lipinski definition) is 2. The van der Waals surface area contributed by atoms with Gasteiger partial charge in [-0.05, 0) is 26.7 Å². The molecule has 1 saturated heterocycles.